The molecule has 0 aliphatic rings. The number of ether oxygens (including phenoxy) is 1. The van der Waals surface area contributed by atoms with Gasteiger partial charge in [0.2, 0.25) is 0 Å². The topological polar surface area (TPSA) is 46.5 Å². The number of esters is 1. The van der Waals surface area contributed by atoms with E-state index < -0.39 is 0 Å². The van der Waals surface area contributed by atoms with E-state index in [1.165, 1.54) is 0 Å². The van der Waals surface area contributed by atoms with Crippen LogP contribution in [0.25, 0.3) is 0 Å². The van der Waals surface area contributed by atoms with Gasteiger partial charge in [-0.1, -0.05) is 28.1 Å². The average molecular weight is 287 g/mol. The molecule has 0 aliphatic heterocycles. The van der Waals surface area contributed by atoms with Crippen LogP contribution in [0.1, 0.15) is 24.5 Å². The van der Waals surface area contributed by atoms with Crippen LogP contribution in [0, 0.1) is 0 Å². The van der Waals surface area contributed by atoms with E-state index >= 15 is 0 Å². The van der Waals surface area contributed by atoms with Crippen LogP contribution in [-0.4, -0.2) is 17.7 Å². The maximum atomic E-state index is 11.2. The first-order valence-electron chi connectivity index (χ1n) is 5.21. The number of carbonyl (C=O) groups excluding carboxylic acids is 1. The normalized spacial score (nSPS) is 10.2. The quantitative estimate of drug-likeness (QED) is 0.846. The van der Waals surface area contributed by atoms with Crippen molar-refractivity contribution in [2.75, 3.05) is 6.61 Å². The summed E-state index contributed by atoms with van der Waals surface area (Å²) in [5.41, 5.74) is 1.90. The molecule has 4 heteroatoms. The summed E-state index contributed by atoms with van der Waals surface area (Å²) >= 11 is 3.41. The lowest BCUT2D eigenvalue weighted by Gasteiger charge is -2.06. The fourth-order valence-electron chi connectivity index (χ4n) is 1.36. The maximum absolute atomic E-state index is 11.2. The highest BCUT2D eigenvalue weighted by molar-refractivity contribution is 9.10. The highest BCUT2D eigenvalue weighted by Gasteiger charge is 2.06. The second-order valence-corrected chi connectivity index (χ2v) is 4.24. The zero-order chi connectivity index (χ0) is 12.0. The molecule has 0 amide bonds. The van der Waals surface area contributed by atoms with E-state index in [4.69, 9.17) is 9.84 Å². The summed E-state index contributed by atoms with van der Waals surface area (Å²) in [6.07, 6.45) is 1.02. The molecule has 0 unspecified atom stereocenters. The van der Waals surface area contributed by atoms with Gasteiger partial charge in [-0.15, -0.1) is 0 Å². The van der Waals surface area contributed by atoms with E-state index in [0.717, 1.165) is 15.6 Å². The zero-order valence-electron chi connectivity index (χ0n) is 9.20. The van der Waals surface area contributed by atoms with E-state index in [9.17, 15) is 4.79 Å². The first-order chi connectivity index (χ1) is 7.67. The number of halogens is 1. The molecule has 1 rings (SSSR count). The molecular formula is C12H15BrO3. The van der Waals surface area contributed by atoms with Crippen LogP contribution in [-0.2, 0) is 22.6 Å². The van der Waals surface area contributed by atoms with Crippen LogP contribution in [0.4, 0.5) is 0 Å². The predicted octanol–water partition coefficient (Wildman–Crippen LogP) is 2.44. The van der Waals surface area contributed by atoms with Gasteiger partial charge in [0.25, 0.3) is 0 Å². The minimum absolute atomic E-state index is 0.0246. The molecule has 0 aromatic heterocycles. The fourth-order valence-corrected chi connectivity index (χ4v) is 1.99. The molecule has 3 nitrogen and oxygen atoms in total. The van der Waals surface area contributed by atoms with Gasteiger partial charge >= 0.3 is 5.97 Å². The number of aryl methyl sites for hydroxylation is 1. The van der Waals surface area contributed by atoms with Crippen molar-refractivity contribution in [3.05, 3.63) is 33.8 Å². The predicted molar refractivity (Wildman–Crippen MR) is 65.0 cm³/mol. The minimum Gasteiger partial charge on any atom is -0.466 e. The highest BCUT2D eigenvalue weighted by atomic mass is 79.9. The molecule has 0 spiro atoms. The number of aliphatic hydroxyl groups is 1. The van der Waals surface area contributed by atoms with Crippen LogP contribution >= 0.6 is 15.9 Å². The Kier molecular flexibility index (Phi) is 5.49. The highest BCUT2D eigenvalue weighted by Crippen LogP contribution is 2.20. The fraction of sp³-hybridized carbons (Fsp3) is 0.417. The van der Waals surface area contributed by atoms with Crippen LogP contribution in [0.5, 0.6) is 0 Å². The van der Waals surface area contributed by atoms with Crippen molar-refractivity contribution in [1.29, 1.82) is 0 Å². The Balaban J connectivity index is 2.57. The van der Waals surface area contributed by atoms with Gasteiger partial charge in [-0.2, -0.15) is 0 Å². The van der Waals surface area contributed by atoms with E-state index in [2.05, 4.69) is 15.9 Å². The molecule has 1 aromatic carbocycles. The van der Waals surface area contributed by atoms with Crippen molar-refractivity contribution in [2.45, 2.75) is 26.4 Å². The molecule has 88 valence electrons. The number of carbonyl (C=O) groups is 1. The Labute approximate surface area is 104 Å². The summed E-state index contributed by atoms with van der Waals surface area (Å²) in [7, 11) is 0. The number of benzene rings is 1. The van der Waals surface area contributed by atoms with E-state index in [0.29, 0.717) is 19.4 Å². The second kappa shape index (κ2) is 6.66. The van der Waals surface area contributed by atoms with E-state index in [1.807, 2.05) is 18.2 Å². The third kappa shape index (κ3) is 3.94. The summed E-state index contributed by atoms with van der Waals surface area (Å²) in [4.78, 5) is 11.2. The molecule has 0 fully saturated rings. The van der Waals surface area contributed by atoms with Crippen LogP contribution in [0.2, 0.25) is 0 Å². The van der Waals surface area contributed by atoms with Crippen molar-refractivity contribution in [3.63, 3.8) is 0 Å². The van der Waals surface area contributed by atoms with Crippen molar-refractivity contribution in [2.24, 2.45) is 0 Å². The Morgan fingerprint density at radius 1 is 1.50 bits per heavy atom. The smallest absolute Gasteiger partial charge is 0.306 e. The number of hydrogen-bond acceptors (Lipinski definition) is 3. The zero-order valence-corrected chi connectivity index (χ0v) is 10.8. The Bertz CT molecular complexity index is 363. The van der Waals surface area contributed by atoms with Crippen LogP contribution < -0.4 is 0 Å². The van der Waals surface area contributed by atoms with Gasteiger partial charge in [0.05, 0.1) is 13.2 Å². The number of aliphatic hydroxyl groups excluding tert-OH is 1. The summed E-state index contributed by atoms with van der Waals surface area (Å²) in [6, 6.07) is 5.63. The third-order valence-corrected chi connectivity index (χ3v) is 2.94. The van der Waals surface area contributed by atoms with Gasteiger partial charge in [0.15, 0.2) is 0 Å². The molecule has 1 N–H and O–H groups in total. The van der Waals surface area contributed by atoms with Crippen molar-refractivity contribution < 1.29 is 14.6 Å². The molecule has 0 bridgehead atoms. The first-order valence-corrected chi connectivity index (χ1v) is 6.00. The Hall–Kier alpha value is -0.870. The maximum Gasteiger partial charge on any atom is 0.306 e. The molecular weight excluding hydrogens is 272 g/mol. The van der Waals surface area contributed by atoms with Crippen molar-refractivity contribution in [1.82, 2.24) is 0 Å². The minimum atomic E-state index is -0.180. The van der Waals surface area contributed by atoms with Crippen LogP contribution in [0.15, 0.2) is 22.7 Å². The first kappa shape index (κ1) is 13.2. The molecule has 0 heterocycles. The summed E-state index contributed by atoms with van der Waals surface area (Å²) in [6.45, 7) is 2.24. The van der Waals surface area contributed by atoms with Crippen molar-refractivity contribution in [3.8, 4) is 0 Å². The number of hydrogen-bond donors (Lipinski definition) is 1. The summed E-state index contributed by atoms with van der Waals surface area (Å²) < 4.78 is 5.77. The molecule has 16 heavy (non-hydrogen) atoms. The van der Waals surface area contributed by atoms with Gasteiger partial charge in [-0.05, 0) is 30.5 Å². The average Bonchev–Trinajstić information content (AvgIpc) is 2.27. The second-order valence-electron chi connectivity index (χ2n) is 3.39. The summed E-state index contributed by atoms with van der Waals surface area (Å²) in [5.74, 6) is -0.180. The molecule has 1 aromatic rings. The summed E-state index contributed by atoms with van der Waals surface area (Å²) in [5, 5.41) is 8.95. The SMILES string of the molecule is CCOC(=O)CCc1ccc(CO)cc1Br. The number of rotatable bonds is 5. The van der Waals surface area contributed by atoms with Gasteiger partial charge in [-0.25, -0.2) is 0 Å². The lowest BCUT2D eigenvalue weighted by Crippen LogP contribution is -2.05. The van der Waals surface area contributed by atoms with Gasteiger partial charge in [0.1, 0.15) is 0 Å². The van der Waals surface area contributed by atoms with E-state index in [-0.39, 0.29) is 12.6 Å². The largest absolute Gasteiger partial charge is 0.466 e. The molecule has 0 radical (unpaired) electrons. The standard InChI is InChI=1S/C12H15BrO3/c1-2-16-12(15)6-5-10-4-3-9(8-14)7-11(10)13/h3-4,7,14H,2,5-6,8H2,1H3. The van der Waals surface area contributed by atoms with Gasteiger partial charge < -0.3 is 9.84 Å². The Morgan fingerprint density at radius 2 is 2.25 bits per heavy atom. The van der Waals surface area contributed by atoms with Crippen molar-refractivity contribution >= 4 is 21.9 Å². The Morgan fingerprint density at radius 3 is 2.81 bits per heavy atom. The molecule has 0 atom stereocenters. The lowest BCUT2D eigenvalue weighted by atomic mass is 10.1. The molecule has 0 saturated heterocycles. The van der Waals surface area contributed by atoms with Gasteiger partial charge in [0, 0.05) is 10.9 Å². The van der Waals surface area contributed by atoms with Crippen LogP contribution in [0.3, 0.4) is 0 Å². The molecule has 0 saturated carbocycles. The van der Waals surface area contributed by atoms with E-state index in [1.54, 1.807) is 6.92 Å². The monoisotopic (exact) mass is 286 g/mol. The van der Waals surface area contributed by atoms with Gasteiger partial charge in [-0.3, -0.25) is 4.79 Å². The molecule has 0 aliphatic carbocycles. The third-order valence-electron chi connectivity index (χ3n) is 2.20. The lowest BCUT2D eigenvalue weighted by molar-refractivity contribution is -0.143.